The van der Waals surface area contributed by atoms with Crippen molar-refractivity contribution in [2.24, 2.45) is 5.92 Å². The highest BCUT2D eigenvalue weighted by Gasteiger charge is 2.33. The first-order valence-corrected chi connectivity index (χ1v) is 10.5. The van der Waals surface area contributed by atoms with Gasteiger partial charge in [0, 0.05) is 23.7 Å². The highest BCUT2D eigenvalue weighted by molar-refractivity contribution is 5.95. The van der Waals surface area contributed by atoms with Crippen LogP contribution >= 0.6 is 0 Å². The van der Waals surface area contributed by atoms with Gasteiger partial charge in [0.2, 0.25) is 11.8 Å². The minimum absolute atomic E-state index is 0.00141. The van der Waals surface area contributed by atoms with Crippen LogP contribution in [-0.4, -0.2) is 43.0 Å². The Bertz CT molecular complexity index is 846. The molecule has 160 valence electrons. The first-order chi connectivity index (χ1) is 14.5. The number of carbonyl (C=O) groups is 2. The topological polar surface area (TPSA) is 70.7 Å². The van der Waals surface area contributed by atoms with E-state index in [1.807, 2.05) is 68.4 Å². The molecule has 1 fully saturated rings. The van der Waals surface area contributed by atoms with E-state index in [4.69, 9.17) is 4.74 Å². The molecule has 0 bridgehead atoms. The van der Waals surface area contributed by atoms with Gasteiger partial charge in [-0.25, -0.2) is 0 Å². The third-order valence-electron chi connectivity index (χ3n) is 5.40. The molecule has 30 heavy (non-hydrogen) atoms. The predicted molar refractivity (Wildman–Crippen MR) is 118 cm³/mol. The lowest BCUT2D eigenvalue weighted by atomic mass is 9.93. The maximum atomic E-state index is 13.3. The number of rotatable bonds is 7. The van der Waals surface area contributed by atoms with Crippen LogP contribution in [0.4, 0.5) is 5.69 Å². The van der Waals surface area contributed by atoms with Crippen molar-refractivity contribution in [3.8, 4) is 5.75 Å². The molecule has 2 N–H and O–H groups in total. The highest BCUT2D eigenvalue weighted by Crippen LogP contribution is 2.29. The second-order valence-electron chi connectivity index (χ2n) is 8.01. The number of carbonyl (C=O) groups excluding carboxylic acids is 2. The summed E-state index contributed by atoms with van der Waals surface area (Å²) in [4.78, 5) is 27.8. The zero-order chi connectivity index (χ0) is 21.5. The summed E-state index contributed by atoms with van der Waals surface area (Å²) in [6.07, 6.45) is 1.49. The molecule has 1 atom stereocenters. The van der Waals surface area contributed by atoms with Gasteiger partial charge in [-0.1, -0.05) is 36.4 Å². The number of benzene rings is 2. The first-order valence-electron chi connectivity index (χ1n) is 10.5. The predicted octanol–water partition coefficient (Wildman–Crippen LogP) is 3.61. The van der Waals surface area contributed by atoms with Crippen LogP contribution in [0.2, 0.25) is 0 Å². The summed E-state index contributed by atoms with van der Waals surface area (Å²) in [5, 5.41) is 6.04. The summed E-state index contributed by atoms with van der Waals surface area (Å²) in [5.41, 5.74) is 1.65. The fraction of sp³-hybridized carbons (Fsp3) is 0.417. The van der Waals surface area contributed by atoms with Gasteiger partial charge >= 0.3 is 0 Å². The third-order valence-corrected chi connectivity index (χ3v) is 5.40. The van der Waals surface area contributed by atoms with Gasteiger partial charge < -0.3 is 15.4 Å². The number of hydrogen-bond donors (Lipinski definition) is 2. The molecule has 1 saturated heterocycles. The molecule has 6 nitrogen and oxygen atoms in total. The number of amides is 2. The molecule has 0 aromatic heterocycles. The van der Waals surface area contributed by atoms with Crippen LogP contribution in [-0.2, 0) is 9.59 Å². The van der Waals surface area contributed by atoms with Gasteiger partial charge in [-0.05, 0) is 57.5 Å². The molecule has 0 aliphatic carbocycles. The maximum absolute atomic E-state index is 13.3. The van der Waals surface area contributed by atoms with Gasteiger partial charge in [0.05, 0.1) is 7.11 Å². The molecule has 1 heterocycles. The molecule has 0 radical (unpaired) electrons. The molecular formula is C24H31N3O3. The Labute approximate surface area is 178 Å². The summed E-state index contributed by atoms with van der Waals surface area (Å²) >= 11 is 0. The lowest BCUT2D eigenvalue weighted by Crippen LogP contribution is -2.46. The molecule has 1 aliphatic heterocycles. The third kappa shape index (κ3) is 5.60. The number of nitrogens with one attached hydrogen (secondary N) is 2. The van der Waals surface area contributed by atoms with E-state index in [0.29, 0.717) is 24.5 Å². The average Bonchev–Trinajstić information content (AvgIpc) is 2.75. The van der Waals surface area contributed by atoms with E-state index in [-0.39, 0.29) is 23.8 Å². The molecular weight excluding hydrogens is 378 g/mol. The number of anilines is 1. The largest absolute Gasteiger partial charge is 0.497 e. The van der Waals surface area contributed by atoms with Crippen molar-refractivity contribution in [2.45, 2.75) is 38.8 Å². The molecule has 2 aromatic rings. The van der Waals surface area contributed by atoms with Crippen LogP contribution < -0.4 is 15.4 Å². The second-order valence-corrected chi connectivity index (χ2v) is 8.01. The maximum Gasteiger partial charge on any atom is 0.246 e. The number of ether oxygens (including phenoxy) is 1. The van der Waals surface area contributed by atoms with E-state index < -0.39 is 6.04 Å². The molecule has 1 aliphatic rings. The molecule has 2 amide bonds. The van der Waals surface area contributed by atoms with E-state index in [1.165, 1.54) is 0 Å². The zero-order valence-electron chi connectivity index (χ0n) is 17.9. The Kier molecular flexibility index (Phi) is 7.46. The van der Waals surface area contributed by atoms with Gasteiger partial charge in [-0.2, -0.15) is 0 Å². The minimum Gasteiger partial charge on any atom is -0.497 e. The number of likely N-dealkylation sites (tertiary alicyclic amines) is 1. The number of nitrogens with zero attached hydrogens (tertiary/aromatic N) is 1. The van der Waals surface area contributed by atoms with Crippen molar-refractivity contribution in [1.82, 2.24) is 10.2 Å². The highest BCUT2D eigenvalue weighted by atomic mass is 16.5. The summed E-state index contributed by atoms with van der Waals surface area (Å²) in [5.74, 6) is 0.726. The van der Waals surface area contributed by atoms with Crippen molar-refractivity contribution in [2.75, 3.05) is 25.5 Å². The van der Waals surface area contributed by atoms with Gasteiger partial charge in [0.15, 0.2) is 0 Å². The summed E-state index contributed by atoms with van der Waals surface area (Å²) < 4.78 is 5.26. The quantitative estimate of drug-likeness (QED) is 0.733. The SMILES string of the molecule is COc1cccc(NC(=O)C(c2ccccc2)N2CCC(C(=O)NC(C)C)CC2)c1. The Morgan fingerprint density at radius 2 is 1.73 bits per heavy atom. The lowest BCUT2D eigenvalue weighted by Gasteiger charge is -2.36. The monoisotopic (exact) mass is 409 g/mol. The molecule has 0 spiro atoms. The second kappa shape index (κ2) is 10.3. The molecule has 0 saturated carbocycles. The van der Waals surface area contributed by atoms with Crippen molar-refractivity contribution in [3.63, 3.8) is 0 Å². The van der Waals surface area contributed by atoms with Crippen LogP contribution in [0.25, 0.3) is 0 Å². The molecule has 3 rings (SSSR count). The van der Waals surface area contributed by atoms with E-state index >= 15 is 0 Å². The van der Waals surface area contributed by atoms with E-state index in [1.54, 1.807) is 7.11 Å². The number of hydrogen-bond acceptors (Lipinski definition) is 4. The van der Waals surface area contributed by atoms with Crippen molar-refractivity contribution >= 4 is 17.5 Å². The van der Waals surface area contributed by atoms with Gasteiger partial charge in [-0.15, -0.1) is 0 Å². The Morgan fingerprint density at radius 1 is 1.03 bits per heavy atom. The van der Waals surface area contributed by atoms with Crippen LogP contribution in [0.15, 0.2) is 54.6 Å². The average molecular weight is 410 g/mol. The summed E-state index contributed by atoms with van der Waals surface area (Å²) in [6, 6.07) is 16.9. The fourth-order valence-electron chi connectivity index (χ4n) is 3.90. The summed E-state index contributed by atoms with van der Waals surface area (Å²) in [6.45, 7) is 5.34. The fourth-order valence-corrected chi connectivity index (χ4v) is 3.90. The molecule has 1 unspecified atom stereocenters. The van der Waals surface area contributed by atoms with Crippen molar-refractivity contribution < 1.29 is 14.3 Å². The lowest BCUT2D eigenvalue weighted by molar-refractivity contribution is -0.127. The number of methoxy groups -OCH3 is 1. The molecule has 2 aromatic carbocycles. The Morgan fingerprint density at radius 3 is 2.37 bits per heavy atom. The van der Waals surface area contributed by atoms with Crippen molar-refractivity contribution in [1.29, 1.82) is 0 Å². The normalized spacial score (nSPS) is 16.1. The van der Waals surface area contributed by atoms with Crippen LogP contribution in [0.3, 0.4) is 0 Å². The summed E-state index contributed by atoms with van der Waals surface area (Å²) in [7, 11) is 1.60. The van der Waals surface area contributed by atoms with E-state index in [9.17, 15) is 9.59 Å². The number of piperidine rings is 1. The van der Waals surface area contributed by atoms with E-state index in [2.05, 4.69) is 15.5 Å². The Hall–Kier alpha value is -2.86. The Balaban J connectivity index is 1.74. The van der Waals surface area contributed by atoms with Gasteiger partial charge in [-0.3, -0.25) is 14.5 Å². The van der Waals surface area contributed by atoms with Crippen molar-refractivity contribution in [3.05, 3.63) is 60.2 Å². The van der Waals surface area contributed by atoms with Crippen LogP contribution in [0, 0.1) is 5.92 Å². The zero-order valence-corrected chi connectivity index (χ0v) is 17.9. The molecule has 6 heteroatoms. The first kappa shape index (κ1) is 21.8. The van der Waals surface area contributed by atoms with E-state index in [0.717, 1.165) is 18.4 Å². The standard InChI is InChI=1S/C24H31N3O3/c1-17(2)25-23(28)19-12-14-27(15-13-19)22(18-8-5-4-6-9-18)24(29)26-20-10-7-11-21(16-20)30-3/h4-11,16-17,19,22H,12-15H2,1-3H3,(H,25,28)(H,26,29). The minimum atomic E-state index is -0.411. The van der Waals surface area contributed by atoms with Crippen LogP contribution in [0.1, 0.15) is 38.3 Å². The van der Waals surface area contributed by atoms with Gasteiger partial charge in [0.1, 0.15) is 11.8 Å². The van der Waals surface area contributed by atoms with Crippen LogP contribution in [0.5, 0.6) is 5.75 Å². The van der Waals surface area contributed by atoms with Gasteiger partial charge in [0.25, 0.3) is 0 Å². The smallest absolute Gasteiger partial charge is 0.246 e.